The highest BCUT2D eigenvalue weighted by molar-refractivity contribution is 7.99. The van der Waals surface area contributed by atoms with Gasteiger partial charge in [0.25, 0.3) is 0 Å². The number of phenolic OH excluding ortho intramolecular Hbond substituents is 2. The molecule has 0 unspecified atom stereocenters. The van der Waals surface area contributed by atoms with Gasteiger partial charge in [-0.1, -0.05) is 53.7 Å². The van der Waals surface area contributed by atoms with Crippen LogP contribution >= 0.6 is 11.8 Å². The quantitative estimate of drug-likeness (QED) is 0.293. The van der Waals surface area contributed by atoms with Gasteiger partial charge >= 0.3 is 0 Å². The maximum absolute atomic E-state index is 12.5. The van der Waals surface area contributed by atoms with Gasteiger partial charge in [-0.25, -0.2) is 0 Å². The summed E-state index contributed by atoms with van der Waals surface area (Å²) in [5.74, 6) is 0.373. The van der Waals surface area contributed by atoms with E-state index in [4.69, 9.17) is 0 Å². The van der Waals surface area contributed by atoms with Gasteiger partial charge in [-0.2, -0.15) is 0 Å². The Hall–Kier alpha value is -3.78. The van der Waals surface area contributed by atoms with Crippen LogP contribution in [0.1, 0.15) is 11.1 Å². The smallest absolute Gasteiger partial charge is 0.234 e. The van der Waals surface area contributed by atoms with E-state index in [1.54, 1.807) is 36.4 Å². The predicted molar refractivity (Wildman–Crippen MR) is 125 cm³/mol. The molecule has 3 aromatic carbocycles. The molecule has 162 valence electrons. The number of aromatic nitrogens is 3. The second kappa shape index (κ2) is 9.15. The number of thioether (sulfide) groups is 1. The lowest BCUT2D eigenvalue weighted by Crippen LogP contribution is -2.14. The topological polar surface area (TPSA) is 100 Å². The Morgan fingerprint density at radius 3 is 2.41 bits per heavy atom. The average Bonchev–Trinajstić information content (AvgIpc) is 3.18. The maximum atomic E-state index is 12.5. The van der Waals surface area contributed by atoms with E-state index in [-0.39, 0.29) is 23.2 Å². The summed E-state index contributed by atoms with van der Waals surface area (Å²) < 4.78 is 1.85. The number of aromatic hydroxyl groups is 2. The molecule has 8 heteroatoms. The second-order valence-corrected chi connectivity index (χ2v) is 8.25. The Labute approximate surface area is 189 Å². The molecule has 0 aliphatic rings. The number of rotatable bonds is 6. The number of para-hydroxylation sites is 3. The van der Waals surface area contributed by atoms with Gasteiger partial charge < -0.3 is 15.5 Å². The summed E-state index contributed by atoms with van der Waals surface area (Å²) in [6.45, 7) is 4.02. The molecule has 0 fully saturated rings. The Morgan fingerprint density at radius 2 is 1.69 bits per heavy atom. The number of nitrogens with zero attached hydrogens (tertiary/aromatic N) is 3. The number of phenols is 2. The van der Waals surface area contributed by atoms with E-state index in [0.29, 0.717) is 22.2 Å². The summed E-state index contributed by atoms with van der Waals surface area (Å²) >= 11 is 1.22. The minimum Gasteiger partial charge on any atom is -0.507 e. The molecule has 0 spiro atoms. The molecule has 0 aliphatic carbocycles. The highest BCUT2D eigenvalue weighted by Gasteiger charge is 2.20. The lowest BCUT2D eigenvalue weighted by Gasteiger charge is -2.14. The molecule has 1 heterocycles. The number of aryl methyl sites for hydroxylation is 2. The van der Waals surface area contributed by atoms with E-state index >= 15 is 0 Å². The SMILES string of the molecule is Cc1ccc(-n2c(SCC(=O)Nc3ccccc3O)nnc2-c2ccccc2O)c(C)c1. The molecule has 0 atom stereocenters. The molecule has 0 aliphatic heterocycles. The lowest BCUT2D eigenvalue weighted by molar-refractivity contribution is -0.113. The minimum absolute atomic E-state index is 0.00568. The van der Waals surface area contributed by atoms with Gasteiger partial charge in [-0.05, 0) is 49.7 Å². The van der Waals surface area contributed by atoms with E-state index < -0.39 is 0 Å². The van der Waals surface area contributed by atoms with Crippen molar-refractivity contribution in [2.75, 3.05) is 11.1 Å². The van der Waals surface area contributed by atoms with E-state index in [1.807, 2.05) is 36.6 Å². The molecule has 1 aromatic heterocycles. The summed E-state index contributed by atoms with van der Waals surface area (Å²) in [6, 6.07) is 19.5. The molecule has 0 radical (unpaired) electrons. The first-order valence-corrected chi connectivity index (χ1v) is 10.9. The molecule has 32 heavy (non-hydrogen) atoms. The fourth-order valence-corrected chi connectivity index (χ4v) is 4.11. The normalized spacial score (nSPS) is 10.8. The van der Waals surface area contributed by atoms with Crippen LogP contribution in [0.4, 0.5) is 5.69 Å². The first-order valence-electron chi connectivity index (χ1n) is 9.96. The van der Waals surface area contributed by atoms with E-state index in [2.05, 4.69) is 21.6 Å². The van der Waals surface area contributed by atoms with E-state index in [1.165, 1.54) is 17.8 Å². The van der Waals surface area contributed by atoms with Crippen LogP contribution in [-0.2, 0) is 4.79 Å². The van der Waals surface area contributed by atoms with E-state index in [9.17, 15) is 15.0 Å². The van der Waals surface area contributed by atoms with Gasteiger partial charge in [0.2, 0.25) is 5.91 Å². The van der Waals surface area contributed by atoms with Crippen molar-refractivity contribution in [2.24, 2.45) is 0 Å². The van der Waals surface area contributed by atoms with Crippen LogP contribution in [0.3, 0.4) is 0 Å². The van der Waals surface area contributed by atoms with Crippen LogP contribution in [-0.4, -0.2) is 36.6 Å². The number of anilines is 1. The van der Waals surface area contributed by atoms with Crippen molar-refractivity contribution in [2.45, 2.75) is 19.0 Å². The van der Waals surface area contributed by atoms with Gasteiger partial charge in [0.1, 0.15) is 11.5 Å². The van der Waals surface area contributed by atoms with Crippen molar-refractivity contribution in [1.82, 2.24) is 14.8 Å². The summed E-state index contributed by atoms with van der Waals surface area (Å²) in [5.41, 5.74) is 3.90. The van der Waals surface area contributed by atoms with Crippen LogP contribution in [0, 0.1) is 13.8 Å². The molecule has 1 amide bonds. The summed E-state index contributed by atoms with van der Waals surface area (Å²) in [6.07, 6.45) is 0. The van der Waals surface area contributed by atoms with Gasteiger partial charge in [0, 0.05) is 0 Å². The highest BCUT2D eigenvalue weighted by Crippen LogP contribution is 2.34. The number of carbonyl (C=O) groups excluding carboxylic acids is 1. The lowest BCUT2D eigenvalue weighted by atomic mass is 10.1. The molecule has 4 aromatic rings. The zero-order valence-electron chi connectivity index (χ0n) is 17.6. The third-order valence-corrected chi connectivity index (χ3v) is 5.81. The Morgan fingerprint density at radius 1 is 0.969 bits per heavy atom. The Balaban J connectivity index is 1.67. The molecule has 0 saturated heterocycles. The zero-order valence-corrected chi connectivity index (χ0v) is 18.4. The largest absolute Gasteiger partial charge is 0.507 e. The third kappa shape index (κ3) is 4.45. The van der Waals surface area contributed by atoms with Crippen molar-refractivity contribution in [1.29, 1.82) is 0 Å². The van der Waals surface area contributed by atoms with Crippen molar-refractivity contribution < 1.29 is 15.0 Å². The number of benzene rings is 3. The third-order valence-electron chi connectivity index (χ3n) is 4.88. The van der Waals surface area contributed by atoms with Crippen molar-refractivity contribution in [3.05, 3.63) is 77.9 Å². The molecule has 3 N–H and O–H groups in total. The van der Waals surface area contributed by atoms with Crippen molar-refractivity contribution in [3.8, 4) is 28.6 Å². The fourth-order valence-electron chi connectivity index (χ4n) is 3.37. The minimum atomic E-state index is -0.282. The Kier molecular flexibility index (Phi) is 6.13. The van der Waals surface area contributed by atoms with Crippen LogP contribution in [0.5, 0.6) is 11.5 Å². The standard InChI is InChI=1S/C24H22N4O3S/c1-15-11-12-19(16(2)13-15)28-23(17-7-3-5-9-20(17)29)26-27-24(28)32-14-22(31)25-18-8-4-6-10-21(18)30/h3-13,29-30H,14H2,1-2H3,(H,25,31). The van der Waals surface area contributed by atoms with Crippen LogP contribution < -0.4 is 5.32 Å². The van der Waals surface area contributed by atoms with Gasteiger partial charge in [0.05, 0.1) is 22.7 Å². The zero-order chi connectivity index (χ0) is 22.7. The van der Waals surface area contributed by atoms with Crippen molar-refractivity contribution in [3.63, 3.8) is 0 Å². The van der Waals surface area contributed by atoms with Gasteiger partial charge in [-0.3, -0.25) is 9.36 Å². The number of amides is 1. The second-order valence-electron chi connectivity index (χ2n) is 7.30. The molecule has 0 saturated carbocycles. The molecule has 4 rings (SSSR count). The molecular formula is C24H22N4O3S. The first kappa shape index (κ1) is 21.5. The molecule has 0 bridgehead atoms. The predicted octanol–water partition coefficient (Wildman–Crippen LogP) is 4.69. The maximum Gasteiger partial charge on any atom is 0.234 e. The van der Waals surface area contributed by atoms with Crippen LogP contribution in [0.25, 0.3) is 17.1 Å². The number of carbonyl (C=O) groups is 1. The van der Waals surface area contributed by atoms with Crippen molar-refractivity contribution >= 4 is 23.4 Å². The van der Waals surface area contributed by atoms with Crippen LogP contribution in [0.2, 0.25) is 0 Å². The van der Waals surface area contributed by atoms with Gasteiger partial charge in [-0.15, -0.1) is 10.2 Å². The Bertz CT molecular complexity index is 1290. The number of hydrogen-bond donors (Lipinski definition) is 3. The first-order chi connectivity index (χ1) is 15.4. The fraction of sp³-hybridized carbons (Fsp3) is 0.125. The van der Waals surface area contributed by atoms with Gasteiger partial charge in [0.15, 0.2) is 11.0 Å². The number of nitrogens with one attached hydrogen (secondary N) is 1. The summed E-state index contributed by atoms with van der Waals surface area (Å²) in [7, 11) is 0. The highest BCUT2D eigenvalue weighted by atomic mass is 32.2. The summed E-state index contributed by atoms with van der Waals surface area (Å²) in [4.78, 5) is 12.5. The molecule has 7 nitrogen and oxygen atoms in total. The molecular weight excluding hydrogens is 424 g/mol. The average molecular weight is 447 g/mol. The van der Waals surface area contributed by atoms with E-state index in [0.717, 1.165) is 16.8 Å². The summed E-state index contributed by atoms with van der Waals surface area (Å²) in [5, 5.41) is 32.1. The number of hydrogen-bond acceptors (Lipinski definition) is 6. The van der Waals surface area contributed by atoms with Crippen LogP contribution in [0.15, 0.2) is 71.9 Å². The monoisotopic (exact) mass is 446 g/mol.